The summed E-state index contributed by atoms with van der Waals surface area (Å²) in [4.78, 5) is 24.2. The summed E-state index contributed by atoms with van der Waals surface area (Å²) in [6.45, 7) is 4.51. The number of anilines is 1. The van der Waals surface area contributed by atoms with Crippen molar-refractivity contribution in [1.82, 2.24) is 0 Å². The molecule has 0 saturated carbocycles. The highest BCUT2D eigenvalue weighted by molar-refractivity contribution is 6.05. The van der Waals surface area contributed by atoms with E-state index in [1.165, 1.54) is 0 Å². The fraction of sp³-hybridized carbons (Fsp3) is 0.300. The largest absolute Gasteiger partial charge is 0.462 e. The van der Waals surface area contributed by atoms with Gasteiger partial charge in [-0.15, -0.1) is 0 Å². The van der Waals surface area contributed by atoms with E-state index in [-0.39, 0.29) is 11.9 Å². The Kier molecular flexibility index (Phi) is 6.55. The lowest BCUT2D eigenvalue weighted by molar-refractivity contribution is 0.0499. The maximum atomic E-state index is 12.3. The summed E-state index contributed by atoms with van der Waals surface area (Å²) < 4.78 is 5.16. The van der Waals surface area contributed by atoms with E-state index in [4.69, 9.17) is 4.74 Å². The Morgan fingerprint density at radius 3 is 2.29 bits per heavy atom. The van der Waals surface area contributed by atoms with Gasteiger partial charge in [-0.25, -0.2) is 4.79 Å². The summed E-state index contributed by atoms with van der Waals surface area (Å²) in [5.41, 5.74) is 2.86. The van der Waals surface area contributed by atoms with Gasteiger partial charge in [-0.3, -0.25) is 4.79 Å². The van der Waals surface area contributed by atoms with Crippen molar-refractivity contribution in [1.29, 1.82) is 0 Å². The number of nitrogens with one attached hydrogen (secondary N) is 1. The van der Waals surface area contributed by atoms with Crippen LogP contribution in [0, 0.1) is 0 Å². The second kappa shape index (κ2) is 8.87. The van der Waals surface area contributed by atoms with Gasteiger partial charge < -0.3 is 10.1 Å². The summed E-state index contributed by atoms with van der Waals surface area (Å²) in [5, 5.41) is 2.91. The zero-order chi connectivity index (χ0) is 17.4. The van der Waals surface area contributed by atoms with Crippen molar-refractivity contribution in [3.05, 3.63) is 65.2 Å². The number of hydrogen-bond donors (Lipinski definition) is 1. The monoisotopic (exact) mass is 325 g/mol. The van der Waals surface area contributed by atoms with Crippen LogP contribution in [0.3, 0.4) is 0 Å². The van der Waals surface area contributed by atoms with Crippen molar-refractivity contribution >= 4 is 17.6 Å². The van der Waals surface area contributed by atoms with E-state index < -0.39 is 0 Å². The fourth-order valence-corrected chi connectivity index (χ4v) is 2.30. The van der Waals surface area contributed by atoms with Crippen molar-refractivity contribution < 1.29 is 14.3 Å². The Morgan fingerprint density at radius 1 is 0.958 bits per heavy atom. The maximum Gasteiger partial charge on any atom is 0.338 e. The molecule has 0 saturated heterocycles. The van der Waals surface area contributed by atoms with Crippen LogP contribution in [0.15, 0.2) is 48.5 Å². The zero-order valence-corrected chi connectivity index (χ0v) is 14.2. The van der Waals surface area contributed by atoms with Gasteiger partial charge in [0.2, 0.25) is 0 Å². The highest BCUT2D eigenvalue weighted by atomic mass is 16.5. The quantitative estimate of drug-likeness (QED) is 0.604. The number of carbonyl (C=O) groups excluding carboxylic acids is 2. The Labute approximate surface area is 142 Å². The molecule has 1 N–H and O–H groups in total. The SMILES string of the molecule is CCCCOC(=O)c1ccc(C(=O)Nc2ccccc2CC)cc1. The fourth-order valence-electron chi connectivity index (χ4n) is 2.30. The van der Waals surface area contributed by atoms with Crippen molar-refractivity contribution in [2.45, 2.75) is 33.1 Å². The summed E-state index contributed by atoms with van der Waals surface area (Å²) >= 11 is 0. The summed E-state index contributed by atoms with van der Waals surface area (Å²) in [7, 11) is 0. The number of esters is 1. The van der Waals surface area contributed by atoms with E-state index in [0.717, 1.165) is 30.5 Å². The molecule has 0 heterocycles. The van der Waals surface area contributed by atoms with Gasteiger partial charge in [0.15, 0.2) is 0 Å². The molecule has 0 aliphatic carbocycles. The van der Waals surface area contributed by atoms with Gasteiger partial charge in [-0.05, 0) is 48.7 Å². The number of aryl methyl sites for hydroxylation is 1. The van der Waals surface area contributed by atoms with Gasteiger partial charge in [-0.2, -0.15) is 0 Å². The first-order valence-electron chi connectivity index (χ1n) is 8.32. The number of benzene rings is 2. The third-order valence-corrected chi connectivity index (χ3v) is 3.76. The zero-order valence-electron chi connectivity index (χ0n) is 14.2. The van der Waals surface area contributed by atoms with Gasteiger partial charge in [0.1, 0.15) is 0 Å². The second-order valence-corrected chi connectivity index (χ2v) is 5.53. The first-order chi connectivity index (χ1) is 11.7. The van der Waals surface area contributed by atoms with Crippen LogP contribution in [0.4, 0.5) is 5.69 Å². The normalized spacial score (nSPS) is 10.2. The number of hydrogen-bond acceptors (Lipinski definition) is 3. The molecule has 1 amide bonds. The lowest BCUT2D eigenvalue weighted by Crippen LogP contribution is -2.13. The van der Waals surface area contributed by atoms with Crippen molar-refractivity contribution in [2.24, 2.45) is 0 Å². The van der Waals surface area contributed by atoms with Gasteiger partial charge in [0.25, 0.3) is 5.91 Å². The summed E-state index contributed by atoms with van der Waals surface area (Å²) in [6.07, 6.45) is 2.67. The first kappa shape index (κ1) is 17.7. The van der Waals surface area contributed by atoms with Crippen LogP contribution in [0.5, 0.6) is 0 Å². The number of para-hydroxylation sites is 1. The lowest BCUT2D eigenvalue weighted by atomic mass is 10.1. The number of unbranched alkanes of at least 4 members (excludes halogenated alkanes) is 1. The summed E-state index contributed by atoms with van der Waals surface area (Å²) in [6, 6.07) is 14.2. The topological polar surface area (TPSA) is 55.4 Å². The highest BCUT2D eigenvalue weighted by Crippen LogP contribution is 2.17. The van der Waals surface area contributed by atoms with Crippen LogP contribution in [0.1, 0.15) is 53.0 Å². The minimum atomic E-state index is -0.355. The van der Waals surface area contributed by atoms with Crippen molar-refractivity contribution in [3.63, 3.8) is 0 Å². The molecule has 2 aromatic rings. The predicted molar refractivity (Wildman–Crippen MR) is 95.4 cm³/mol. The van der Waals surface area contributed by atoms with Crippen LogP contribution in [0.2, 0.25) is 0 Å². The third-order valence-electron chi connectivity index (χ3n) is 3.76. The molecule has 2 rings (SSSR count). The molecule has 0 unspecified atom stereocenters. The average molecular weight is 325 g/mol. The lowest BCUT2D eigenvalue weighted by Gasteiger charge is -2.10. The highest BCUT2D eigenvalue weighted by Gasteiger charge is 2.11. The van der Waals surface area contributed by atoms with E-state index in [1.807, 2.05) is 38.1 Å². The third kappa shape index (κ3) is 4.69. The molecule has 0 aromatic heterocycles. The molecule has 24 heavy (non-hydrogen) atoms. The van der Waals surface area contributed by atoms with Gasteiger partial charge in [-0.1, -0.05) is 38.5 Å². The van der Waals surface area contributed by atoms with E-state index in [1.54, 1.807) is 24.3 Å². The van der Waals surface area contributed by atoms with E-state index >= 15 is 0 Å². The molecule has 0 aliphatic heterocycles. The molecule has 4 heteroatoms. The molecular weight excluding hydrogens is 302 g/mol. The molecule has 0 spiro atoms. The van der Waals surface area contributed by atoms with E-state index in [2.05, 4.69) is 5.32 Å². The number of rotatable bonds is 7. The van der Waals surface area contributed by atoms with Crippen molar-refractivity contribution in [3.8, 4) is 0 Å². The number of amides is 1. The second-order valence-electron chi connectivity index (χ2n) is 5.53. The molecule has 126 valence electrons. The van der Waals surface area contributed by atoms with Gasteiger partial charge >= 0.3 is 5.97 Å². The van der Waals surface area contributed by atoms with Crippen LogP contribution < -0.4 is 5.32 Å². The van der Waals surface area contributed by atoms with Crippen LogP contribution >= 0.6 is 0 Å². The Bertz CT molecular complexity index is 692. The van der Waals surface area contributed by atoms with E-state index in [0.29, 0.717) is 17.7 Å². The van der Waals surface area contributed by atoms with E-state index in [9.17, 15) is 9.59 Å². The smallest absolute Gasteiger partial charge is 0.338 e. The average Bonchev–Trinajstić information content (AvgIpc) is 2.62. The molecule has 2 aromatic carbocycles. The molecular formula is C20H23NO3. The minimum absolute atomic E-state index is 0.193. The van der Waals surface area contributed by atoms with Crippen molar-refractivity contribution in [2.75, 3.05) is 11.9 Å². The molecule has 0 bridgehead atoms. The molecule has 0 fully saturated rings. The maximum absolute atomic E-state index is 12.3. The number of carbonyl (C=O) groups is 2. The molecule has 0 radical (unpaired) electrons. The van der Waals surface area contributed by atoms with Crippen LogP contribution in [-0.4, -0.2) is 18.5 Å². The number of ether oxygens (including phenoxy) is 1. The predicted octanol–water partition coefficient (Wildman–Crippen LogP) is 4.46. The minimum Gasteiger partial charge on any atom is -0.462 e. The molecule has 0 aliphatic rings. The van der Waals surface area contributed by atoms with Crippen LogP contribution in [-0.2, 0) is 11.2 Å². The Balaban J connectivity index is 2.02. The van der Waals surface area contributed by atoms with Gasteiger partial charge in [0, 0.05) is 11.3 Å². The molecule has 0 atom stereocenters. The van der Waals surface area contributed by atoms with Crippen LogP contribution in [0.25, 0.3) is 0 Å². The Morgan fingerprint density at radius 2 is 1.62 bits per heavy atom. The van der Waals surface area contributed by atoms with Gasteiger partial charge in [0.05, 0.1) is 12.2 Å². The summed E-state index contributed by atoms with van der Waals surface area (Å²) in [5.74, 6) is -0.548. The molecule has 4 nitrogen and oxygen atoms in total. The first-order valence-corrected chi connectivity index (χ1v) is 8.32. The Hall–Kier alpha value is -2.62. The standard InChI is InChI=1S/C20H23NO3/c1-3-5-14-24-20(23)17-12-10-16(11-13-17)19(22)21-18-9-7-6-8-15(18)4-2/h6-13H,3-5,14H2,1-2H3,(H,21,22).